The van der Waals surface area contributed by atoms with Crippen LogP contribution in [0.5, 0.6) is 0 Å². The maximum Gasteiger partial charge on any atom is 0.0837 e. The molecule has 0 amide bonds. The molecule has 1 saturated heterocycles. The van der Waals surface area contributed by atoms with Crippen LogP contribution in [0.2, 0.25) is 0 Å². The van der Waals surface area contributed by atoms with Crippen LogP contribution in [0.4, 0.5) is 0 Å². The molecule has 4 nitrogen and oxygen atoms in total. The molecule has 3 unspecified atom stereocenters. The van der Waals surface area contributed by atoms with Crippen molar-refractivity contribution < 1.29 is 4.84 Å². The third kappa shape index (κ3) is 12.7. The van der Waals surface area contributed by atoms with Gasteiger partial charge < -0.3 is 0 Å². The summed E-state index contributed by atoms with van der Waals surface area (Å²) in [6, 6.07) is 9.19. The van der Waals surface area contributed by atoms with Crippen molar-refractivity contribution in [1.29, 1.82) is 0 Å². The lowest BCUT2D eigenvalue weighted by Crippen LogP contribution is -2.29. The number of pyridine rings is 2. The second kappa shape index (κ2) is 20.8. The lowest BCUT2D eigenvalue weighted by Gasteiger charge is -2.21. The molecular weight excluding hydrogens is 514 g/mol. The Morgan fingerprint density at radius 2 is 1.24 bits per heavy atom. The average molecular weight is 574 g/mol. The third-order valence-corrected chi connectivity index (χ3v) is 9.55. The summed E-state index contributed by atoms with van der Waals surface area (Å²) in [6.45, 7) is 1.14. The van der Waals surface area contributed by atoms with Crippen molar-refractivity contribution in [3.8, 4) is 0 Å². The van der Waals surface area contributed by atoms with E-state index in [9.17, 15) is 0 Å². The molecule has 2 aromatic rings. The van der Waals surface area contributed by atoms with Crippen LogP contribution in [0.1, 0.15) is 140 Å². The highest BCUT2D eigenvalue weighted by Crippen LogP contribution is 2.41. The van der Waals surface area contributed by atoms with Crippen molar-refractivity contribution in [1.82, 2.24) is 15.0 Å². The predicted molar refractivity (Wildman–Crippen MR) is 176 cm³/mol. The van der Waals surface area contributed by atoms with E-state index >= 15 is 0 Å². The predicted octanol–water partition coefficient (Wildman–Crippen LogP) is 10.2. The van der Waals surface area contributed by atoms with E-state index in [1.807, 2.05) is 36.9 Å². The summed E-state index contributed by atoms with van der Waals surface area (Å²) in [6.07, 6.45) is 42.0. The Morgan fingerprint density at radius 3 is 1.86 bits per heavy atom. The zero-order valence-electron chi connectivity index (χ0n) is 26.5. The standard InChI is InChI=1S/C38H59N3O/c1(3-5-7-11-15-22-34-24-20-29-39-32-34)2-4-6-10-14-18-31-41-37-27-19-26-36(37)38(42-41)28-17-13-9-8-12-16-23-35-25-21-30-40-33-35/h2,4,20-21,24-25,29-30,32-33,36-38H,1,3,5-19,22-23,26-28,31H2. The number of nitrogens with zero attached hydrogens (tertiary/aromatic N) is 3. The van der Waals surface area contributed by atoms with Crippen molar-refractivity contribution in [2.24, 2.45) is 5.92 Å². The summed E-state index contributed by atoms with van der Waals surface area (Å²) in [5, 5.41) is 2.42. The largest absolute Gasteiger partial charge is 0.295 e. The van der Waals surface area contributed by atoms with Gasteiger partial charge in [0.05, 0.1) is 6.10 Å². The minimum absolute atomic E-state index is 0.493. The quantitative estimate of drug-likeness (QED) is 0.0979. The van der Waals surface area contributed by atoms with Gasteiger partial charge in [0.15, 0.2) is 0 Å². The van der Waals surface area contributed by atoms with E-state index in [4.69, 9.17) is 4.84 Å². The Bertz CT molecular complexity index is 949. The molecule has 232 valence electrons. The highest BCUT2D eigenvalue weighted by Gasteiger charge is 2.44. The second-order valence-electron chi connectivity index (χ2n) is 13.0. The highest BCUT2D eigenvalue weighted by molar-refractivity contribution is 5.08. The average Bonchev–Trinajstić information content (AvgIpc) is 3.64. The first-order chi connectivity index (χ1) is 20.9. The fourth-order valence-corrected chi connectivity index (χ4v) is 7.11. The molecule has 4 rings (SSSR count). The lowest BCUT2D eigenvalue weighted by molar-refractivity contribution is -0.167. The van der Waals surface area contributed by atoms with Gasteiger partial charge in [-0.3, -0.25) is 14.8 Å². The fraction of sp³-hybridized carbons (Fsp3) is 0.684. The van der Waals surface area contributed by atoms with E-state index in [0.717, 1.165) is 12.5 Å². The number of fused-ring (bicyclic) bond motifs is 1. The first kappa shape index (κ1) is 32.9. The molecule has 2 fully saturated rings. The summed E-state index contributed by atoms with van der Waals surface area (Å²) >= 11 is 0. The van der Waals surface area contributed by atoms with Crippen LogP contribution in [-0.2, 0) is 17.7 Å². The van der Waals surface area contributed by atoms with Gasteiger partial charge in [-0.25, -0.2) is 0 Å². The number of allylic oxidation sites excluding steroid dienone is 2. The van der Waals surface area contributed by atoms with Gasteiger partial charge >= 0.3 is 0 Å². The van der Waals surface area contributed by atoms with Crippen molar-refractivity contribution in [3.63, 3.8) is 0 Å². The molecule has 0 bridgehead atoms. The molecule has 3 heterocycles. The molecule has 0 spiro atoms. The molecular formula is C38H59N3O. The van der Waals surface area contributed by atoms with Gasteiger partial charge in [-0.15, -0.1) is 0 Å². The Labute approximate surface area is 257 Å². The van der Waals surface area contributed by atoms with Crippen LogP contribution < -0.4 is 0 Å². The number of hydrogen-bond donors (Lipinski definition) is 0. The zero-order chi connectivity index (χ0) is 28.9. The minimum Gasteiger partial charge on any atom is -0.295 e. The Balaban J connectivity index is 0.937. The smallest absolute Gasteiger partial charge is 0.0837 e. The minimum atomic E-state index is 0.493. The molecule has 1 aliphatic carbocycles. The number of rotatable bonds is 23. The van der Waals surface area contributed by atoms with E-state index in [-0.39, 0.29) is 0 Å². The first-order valence-corrected chi connectivity index (χ1v) is 17.8. The van der Waals surface area contributed by atoms with E-state index in [1.165, 1.54) is 152 Å². The van der Waals surface area contributed by atoms with Crippen molar-refractivity contribution in [2.75, 3.05) is 6.54 Å². The summed E-state index contributed by atoms with van der Waals surface area (Å²) in [5.41, 5.74) is 2.75. The molecule has 0 N–H and O–H groups in total. The molecule has 1 aliphatic heterocycles. The zero-order valence-corrected chi connectivity index (χ0v) is 26.5. The van der Waals surface area contributed by atoms with E-state index in [0.29, 0.717) is 12.1 Å². The van der Waals surface area contributed by atoms with Gasteiger partial charge in [0.1, 0.15) is 0 Å². The number of aromatic nitrogens is 2. The Kier molecular flexibility index (Phi) is 16.3. The monoisotopic (exact) mass is 573 g/mol. The van der Waals surface area contributed by atoms with Crippen LogP contribution in [0, 0.1) is 5.92 Å². The molecule has 0 radical (unpaired) electrons. The van der Waals surface area contributed by atoms with Crippen molar-refractivity contribution in [2.45, 2.75) is 153 Å². The number of hydroxylamine groups is 2. The highest BCUT2D eigenvalue weighted by atomic mass is 16.7. The summed E-state index contributed by atoms with van der Waals surface area (Å²) < 4.78 is 0. The van der Waals surface area contributed by atoms with Gasteiger partial charge in [-0.1, -0.05) is 88.5 Å². The summed E-state index contributed by atoms with van der Waals surface area (Å²) in [5.74, 6) is 0.800. The van der Waals surface area contributed by atoms with Crippen LogP contribution in [0.25, 0.3) is 0 Å². The van der Waals surface area contributed by atoms with Gasteiger partial charge in [0.25, 0.3) is 0 Å². The Morgan fingerprint density at radius 1 is 0.667 bits per heavy atom. The molecule has 0 aromatic carbocycles. The van der Waals surface area contributed by atoms with E-state index in [1.54, 1.807) is 0 Å². The number of hydrogen-bond acceptors (Lipinski definition) is 4. The topological polar surface area (TPSA) is 38.2 Å². The van der Waals surface area contributed by atoms with Crippen molar-refractivity contribution >= 4 is 0 Å². The molecule has 2 aliphatic rings. The second-order valence-corrected chi connectivity index (χ2v) is 13.0. The van der Waals surface area contributed by atoms with Gasteiger partial charge in [-0.05, 0) is 100 Å². The molecule has 2 aromatic heterocycles. The van der Waals surface area contributed by atoms with Gasteiger partial charge in [-0.2, -0.15) is 5.06 Å². The summed E-state index contributed by atoms with van der Waals surface area (Å²) in [4.78, 5) is 15.0. The molecule has 4 heteroatoms. The maximum absolute atomic E-state index is 6.56. The Hall–Kier alpha value is -2.04. The first-order valence-electron chi connectivity index (χ1n) is 17.8. The molecule has 42 heavy (non-hydrogen) atoms. The third-order valence-electron chi connectivity index (χ3n) is 9.55. The normalized spacial score (nSPS) is 20.5. The number of aryl methyl sites for hydroxylation is 2. The molecule has 3 atom stereocenters. The number of unbranched alkanes of at least 4 members (excludes halogenated alkanes) is 13. The van der Waals surface area contributed by atoms with Gasteiger partial charge in [0, 0.05) is 43.3 Å². The van der Waals surface area contributed by atoms with Gasteiger partial charge in [0.2, 0.25) is 0 Å². The SMILES string of the molecule is C(=CCCCCCN1OC(CCCCCCCCc2cccnc2)C2CCCC21)CCCCCCCc1cccnc1. The van der Waals surface area contributed by atoms with Crippen LogP contribution in [-0.4, -0.2) is 33.7 Å². The molecule has 1 saturated carbocycles. The van der Waals surface area contributed by atoms with E-state index < -0.39 is 0 Å². The maximum atomic E-state index is 6.56. The lowest BCUT2D eigenvalue weighted by atomic mass is 9.93. The van der Waals surface area contributed by atoms with E-state index in [2.05, 4.69) is 39.3 Å². The van der Waals surface area contributed by atoms with Crippen molar-refractivity contribution in [3.05, 3.63) is 72.3 Å². The fourth-order valence-electron chi connectivity index (χ4n) is 7.11. The van der Waals surface area contributed by atoms with Crippen LogP contribution in [0.15, 0.2) is 61.2 Å². The summed E-state index contributed by atoms with van der Waals surface area (Å²) in [7, 11) is 0. The van der Waals surface area contributed by atoms with Crippen LogP contribution in [0.3, 0.4) is 0 Å². The van der Waals surface area contributed by atoms with Crippen LogP contribution >= 0.6 is 0 Å².